The molecule has 3 N–H and O–H groups in total. The summed E-state index contributed by atoms with van der Waals surface area (Å²) < 4.78 is 27.5. The number of phenolic OH excluding ortho intramolecular Hbond substituents is 2. The maximum atomic E-state index is 13.7. The van der Waals surface area contributed by atoms with E-state index in [4.69, 9.17) is 0 Å². The molecule has 0 radical (unpaired) electrons. The van der Waals surface area contributed by atoms with Gasteiger partial charge in [0.1, 0.15) is 23.1 Å². The van der Waals surface area contributed by atoms with Gasteiger partial charge in [0.05, 0.1) is 5.56 Å². The predicted molar refractivity (Wildman–Crippen MR) is 76.1 cm³/mol. The minimum absolute atomic E-state index is 0.0701. The van der Waals surface area contributed by atoms with Crippen molar-refractivity contribution in [2.45, 2.75) is 25.9 Å². The number of hydrogen-bond acceptors (Lipinski definition) is 3. The first kappa shape index (κ1) is 15.3. The van der Waals surface area contributed by atoms with Gasteiger partial charge in [0.15, 0.2) is 0 Å². The van der Waals surface area contributed by atoms with Gasteiger partial charge in [-0.25, -0.2) is 8.78 Å². The largest absolute Gasteiger partial charge is 0.507 e. The minimum atomic E-state index is -0.635. The van der Waals surface area contributed by atoms with Gasteiger partial charge in [-0.1, -0.05) is 12.1 Å². The Bertz CT molecular complexity index is 550. The molecule has 2 aromatic carbocycles. The first-order valence-electron chi connectivity index (χ1n) is 6.62. The molecule has 0 heterocycles. The molecule has 0 aliphatic carbocycles. The molecule has 2 aromatic rings. The number of hydrogen-bond donors (Lipinski definition) is 3. The van der Waals surface area contributed by atoms with Crippen molar-refractivity contribution < 1.29 is 19.0 Å². The lowest BCUT2D eigenvalue weighted by Crippen LogP contribution is -2.24. The van der Waals surface area contributed by atoms with Crippen LogP contribution in [0.4, 0.5) is 8.78 Å². The van der Waals surface area contributed by atoms with Crippen molar-refractivity contribution in [2.24, 2.45) is 0 Å². The van der Waals surface area contributed by atoms with Gasteiger partial charge in [-0.3, -0.25) is 0 Å². The molecule has 0 aromatic heterocycles. The Labute approximate surface area is 121 Å². The van der Waals surface area contributed by atoms with Gasteiger partial charge >= 0.3 is 0 Å². The molecule has 0 aliphatic heterocycles. The van der Waals surface area contributed by atoms with Crippen LogP contribution in [-0.2, 0) is 0 Å². The van der Waals surface area contributed by atoms with Crippen molar-refractivity contribution in [3.05, 3.63) is 59.2 Å². The Hall–Kier alpha value is -2.14. The first-order chi connectivity index (χ1) is 9.91. The van der Waals surface area contributed by atoms with Crippen molar-refractivity contribution in [3.63, 3.8) is 0 Å². The monoisotopic (exact) mass is 293 g/mol. The number of benzene rings is 2. The summed E-state index contributed by atoms with van der Waals surface area (Å²) in [7, 11) is 0. The Morgan fingerprint density at radius 2 is 1.24 bits per heavy atom. The van der Waals surface area contributed by atoms with Gasteiger partial charge in [-0.2, -0.15) is 0 Å². The second kappa shape index (κ2) is 6.10. The molecule has 0 saturated heterocycles. The van der Waals surface area contributed by atoms with E-state index in [9.17, 15) is 19.0 Å². The molecule has 5 heteroatoms. The third-order valence-electron chi connectivity index (χ3n) is 3.43. The molecular formula is C16H17F2NO2. The highest BCUT2D eigenvalue weighted by molar-refractivity contribution is 5.45. The van der Waals surface area contributed by atoms with Gasteiger partial charge in [-0.15, -0.1) is 0 Å². The standard InChI is InChI=1S/C16H17F2NO2/c1-9(15-11(17)5-3-6-12(15)18)19-10(2)16-13(20)7-4-8-14(16)21/h3-10,19-21H,1-2H3. The van der Waals surface area contributed by atoms with E-state index in [-0.39, 0.29) is 17.1 Å². The summed E-state index contributed by atoms with van der Waals surface area (Å²) in [5.41, 5.74) is 0.223. The zero-order chi connectivity index (χ0) is 15.6. The summed E-state index contributed by atoms with van der Waals surface area (Å²) >= 11 is 0. The van der Waals surface area contributed by atoms with Gasteiger partial charge in [-0.05, 0) is 38.1 Å². The highest BCUT2D eigenvalue weighted by atomic mass is 19.1. The fourth-order valence-electron chi connectivity index (χ4n) is 2.45. The summed E-state index contributed by atoms with van der Waals surface area (Å²) in [4.78, 5) is 0. The number of halogens is 2. The molecule has 0 bridgehead atoms. The van der Waals surface area contributed by atoms with Crippen LogP contribution in [0.25, 0.3) is 0 Å². The summed E-state index contributed by atoms with van der Waals surface area (Å²) in [5.74, 6) is -1.42. The first-order valence-corrected chi connectivity index (χ1v) is 6.62. The number of aromatic hydroxyl groups is 2. The number of phenols is 2. The third-order valence-corrected chi connectivity index (χ3v) is 3.43. The molecular weight excluding hydrogens is 276 g/mol. The average molecular weight is 293 g/mol. The highest BCUT2D eigenvalue weighted by Gasteiger charge is 2.21. The van der Waals surface area contributed by atoms with Gasteiger partial charge in [0.2, 0.25) is 0 Å². The van der Waals surface area contributed by atoms with Crippen LogP contribution in [0.3, 0.4) is 0 Å². The van der Waals surface area contributed by atoms with Crippen LogP contribution in [-0.4, -0.2) is 10.2 Å². The van der Waals surface area contributed by atoms with Crippen LogP contribution in [0.15, 0.2) is 36.4 Å². The topological polar surface area (TPSA) is 52.5 Å². The van der Waals surface area contributed by atoms with Gasteiger partial charge < -0.3 is 15.5 Å². The smallest absolute Gasteiger partial charge is 0.130 e. The zero-order valence-electron chi connectivity index (χ0n) is 11.8. The predicted octanol–water partition coefficient (Wildman–Crippen LogP) is 3.79. The average Bonchev–Trinajstić information content (AvgIpc) is 2.38. The molecule has 0 spiro atoms. The Kier molecular flexibility index (Phi) is 4.43. The van der Waals surface area contributed by atoms with Gasteiger partial charge in [0.25, 0.3) is 0 Å². The normalized spacial score (nSPS) is 13.9. The highest BCUT2D eigenvalue weighted by Crippen LogP contribution is 2.34. The quantitative estimate of drug-likeness (QED) is 0.804. The van der Waals surface area contributed by atoms with Crippen molar-refractivity contribution in [1.29, 1.82) is 0 Å². The van der Waals surface area contributed by atoms with E-state index in [1.54, 1.807) is 13.8 Å². The zero-order valence-corrected chi connectivity index (χ0v) is 11.8. The van der Waals surface area contributed by atoms with Crippen molar-refractivity contribution in [1.82, 2.24) is 5.32 Å². The van der Waals surface area contributed by atoms with Crippen LogP contribution in [0.2, 0.25) is 0 Å². The molecule has 0 amide bonds. The van der Waals surface area contributed by atoms with E-state index in [2.05, 4.69) is 5.32 Å². The Balaban J connectivity index is 2.25. The molecule has 0 aliphatic rings. The molecule has 2 atom stereocenters. The van der Waals surface area contributed by atoms with E-state index in [0.717, 1.165) is 0 Å². The third kappa shape index (κ3) is 3.13. The van der Waals surface area contributed by atoms with Crippen LogP contribution < -0.4 is 5.32 Å². The maximum Gasteiger partial charge on any atom is 0.130 e. The van der Waals surface area contributed by atoms with Crippen LogP contribution in [0.1, 0.15) is 37.1 Å². The van der Waals surface area contributed by atoms with Crippen LogP contribution in [0, 0.1) is 11.6 Å². The van der Waals surface area contributed by atoms with E-state index in [1.165, 1.54) is 36.4 Å². The summed E-state index contributed by atoms with van der Waals surface area (Å²) in [6, 6.07) is 6.99. The Morgan fingerprint density at radius 3 is 1.76 bits per heavy atom. The SMILES string of the molecule is CC(NC(C)c1c(F)cccc1F)c1c(O)cccc1O. The Morgan fingerprint density at radius 1 is 0.810 bits per heavy atom. The molecule has 2 unspecified atom stereocenters. The van der Waals surface area contributed by atoms with Crippen molar-refractivity contribution in [2.75, 3.05) is 0 Å². The van der Waals surface area contributed by atoms with Gasteiger partial charge in [0, 0.05) is 17.6 Å². The minimum Gasteiger partial charge on any atom is -0.507 e. The summed E-state index contributed by atoms with van der Waals surface area (Å²) in [5, 5.41) is 22.6. The number of rotatable bonds is 4. The van der Waals surface area contributed by atoms with E-state index in [0.29, 0.717) is 5.56 Å². The van der Waals surface area contributed by atoms with Crippen LogP contribution in [0.5, 0.6) is 11.5 Å². The summed E-state index contributed by atoms with van der Waals surface area (Å²) in [6.07, 6.45) is 0. The number of nitrogens with one attached hydrogen (secondary N) is 1. The maximum absolute atomic E-state index is 13.7. The molecule has 3 nitrogen and oxygen atoms in total. The fraction of sp³-hybridized carbons (Fsp3) is 0.250. The lowest BCUT2D eigenvalue weighted by molar-refractivity contribution is 0.399. The summed E-state index contributed by atoms with van der Waals surface area (Å²) in [6.45, 7) is 3.32. The molecule has 0 saturated carbocycles. The molecule has 112 valence electrons. The second-order valence-corrected chi connectivity index (χ2v) is 4.96. The van der Waals surface area contributed by atoms with E-state index in [1.807, 2.05) is 0 Å². The van der Waals surface area contributed by atoms with Crippen LogP contribution >= 0.6 is 0 Å². The fourth-order valence-corrected chi connectivity index (χ4v) is 2.45. The lowest BCUT2D eigenvalue weighted by atomic mass is 10.0. The van der Waals surface area contributed by atoms with E-state index < -0.39 is 23.7 Å². The molecule has 21 heavy (non-hydrogen) atoms. The van der Waals surface area contributed by atoms with E-state index >= 15 is 0 Å². The lowest BCUT2D eigenvalue weighted by Gasteiger charge is -2.22. The van der Waals surface area contributed by atoms with Crippen molar-refractivity contribution >= 4 is 0 Å². The molecule has 2 rings (SSSR count). The second-order valence-electron chi connectivity index (χ2n) is 4.96. The van der Waals surface area contributed by atoms with Crippen molar-refractivity contribution in [3.8, 4) is 11.5 Å². The molecule has 0 fully saturated rings.